The molecule has 154 valence electrons. The van der Waals surface area contributed by atoms with Crippen molar-refractivity contribution in [3.63, 3.8) is 0 Å². The van der Waals surface area contributed by atoms with Gasteiger partial charge in [-0.2, -0.15) is 0 Å². The third-order valence-corrected chi connectivity index (χ3v) is 4.94. The van der Waals surface area contributed by atoms with Crippen molar-refractivity contribution in [2.75, 3.05) is 6.61 Å². The molecule has 1 aromatic rings. The molecule has 13 heteroatoms. The van der Waals surface area contributed by atoms with E-state index >= 15 is 0 Å². The molecule has 1 saturated heterocycles. The van der Waals surface area contributed by atoms with E-state index in [-0.39, 0.29) is 20.5 Å². The van der Waals surface area contributed by atoms with E-state index in [9.17, 15) is 39.6 Å². The summed E-state index contributed by atoms with van der Waals surface area (Å²) in [7, 11) is 0. The number of unbranched alkanes of at least 4 members (excludes halogenated alkanes) is 1. The van der Waals surface area contributed by atoms with Crippen molar-refractivity contribution in [3.8, 4) is 0 Å². The highest BCUT2D eigenvalue weighted by atomic mass is 79.9. The van der Waals surface area contributed by atoms with Gasteiger partial charge in [0.05, 0.1) is 11.1 Å². The zero-order valence-electron chi connectivity index (χ0n) is 14.2. The fourth-order valence-corrected chi connectivity index (χ4v) is 3.16. The number of aliphatic hydroxyl groups is 4. The van der Waals surface area contributed by atoms with E-state index in [2.05, 4.69) is 15.9 Å². The number of halogens is 2. The SMILES string of the molecule is CCCCC(F)N(O)[C@@]1(O)[C@H](O)[C@@H](CO)O[C@@]1(O)n1cc(Br)c(=O)[nH]c1=O. The summed E-state index contributed by atoms with van der Waals surface area (Å²) in [6.07, 6.45) is -4.85. The van der Waals surface area contributed by atoms with Crippen LogP contribution in [0.1, 0.15) is 26.2 Å². The molecule has 0 bridgehead atoms. The fourth-order valence-electron chi connectivity index (χ4n) is 2.85. The van der Waals surface area contributed by atoms with E-state index in [1.807, 2.05) is 4.98 Å². The van der Waals surface area contributed by atoms with Crippen LogP contribution in [0.15, 0.2) is 20.3 Å². The predicted molar refractivity (Wildman–Crippen MR) is 90.2 cm³/mol. The van der Waals surface area contributed by atoms with Crippen LogP contribution in [0.2, 0.25) is 0 Å². The molecule has 1 unspecified atom stereocenters. The lowest BCUT2D eigenvalue weighted by molar-refractivity contribution is -0.428. The molecule has 5 atom stereocenters. The van der Waals surface area contributed by atoms with E-state index in [1.165, 1.54) is 0 Å². The van der Waals surface area contributed by atoms with Gasteiger partial charge in [-0.1, -0.05) is 13.3 Å². The summed E-state index contributed by atoms with van der Waals surface area (Å²) < 4.78 is 19.4. The zero-order valence-corrected chi connectivity index (χ0v) is 15.8. The second kappa shape index (κ2) is 8.05. The quantitative estimate of drug-likeness (QED) is 0.162. The zero-order chi connectivity index (χ0) is 20.6. The molecular formula is C14H21BrFN3O8. The van der Waals surface area contributed by atoms with Gasteiger partial charge in [0, 0.05) is 6.20 Å². The lowest BCUT2D eigenvalue weighted by Gasteiger charge is -2.43. The second-order valence-corrected chi connectivity index (χ2v) is 7.00. The highest BCUT2D eigenvalue weighted by Gasteiger charge is 2.71. The number of ether oxygens (including phenoxy) is 1. The normalized spacial score (nSPS) is 32.2. The van der Waals surface area contributed by atoms with Gasteiger partial charge < -0.3 is 30.4 Å². The van der Waals surface area contributed by atoms with Crippen LogP contribution in [0.3, 0.4) is 0 Å². The molecule has 1 fully saturated rings. The number of hydrogen-bond donors (Lipinski definition) is 6. The summed E-state index contributed by atoms with van der Waals surface area (Å²) in [5.41, 5.74) is -5.45. The third-order valence-electron chi connectivity index (χ3n) is 4.38. The van der Waals surface area contributed by atoms with Gasteiger partial charge in [0.25, 0.3) is 5.56 Å². The minimum atomic E-state index is -3.30. The second-order valence-electron chi connectivity index (χ2n) is 6.15. The number of nitrogens with one attached hydrogen (secondary N) is 1. The Labute approximate surface area is 160 Å². The first-order valence-electron chi connectivity index (χ1n) is 8.10. The molecule has 6 N–H and O–H groups in total. The van der Waals surface area contributed by atoms with Gasteiger partial charge in [0.15, 0.2) is 6.30 Å². The lowest BCUT2D eigenvalue weighted by Crippen LogP contribution is -2.69. The maximum absolute atomic E-state index is 14.4. The van der Waals surface area contributed by atoms with Crippen molar-refractivity contribution >= 4 is 15.9 Å². The van der Waals surface area contributed by atoms with Crippen LogP contribution in [0.5, 0.6) is 0 Å². The number of rotatable bonds is 7. The maximum Gasteiger partial charge on any atom is 0.332 e. The molecule has 1 aliphatic heterocycles. The molecule has 2 rings (SSSR count). The molecule has 0 amide bonds. The van der Waals surface area contributed by atoms with E-state index < -0.39 is 48.0 Å². The molecule has 1 aliphatic rings. The Balaban J connectivity index is 2.62. The topological polar surface area (TPSA) is 168 Å². The molecule has 11 nitrogen and oxygen atoms in total. The van der Waals surface area contributed by atoms with Crippen molar-refractivity contribution in [2.45, 2.75) is 56.3 Å². The van der Waals surface area contributed by atoms with E-state index in [1.54, 1.807) is 6.92 Å². The highest BCUT2D eigenvalue weighted by Crippen LogP contribution is 2.44. The van der Waals surface area contributed by atoms with Crippen molar-refractivity contribution in [1.29, 1.82) is 0 Å². The van der Waals surface area contributed by atoms with Crippen molar-refractivity contribution in [2.24, 2.45) is 0 Å². The third kappa shape index (κ3) is 3.49. The number of aromatic nitrogens is 2. The first kappa shape index (κ1) is 22.1. The molecule has 2 heterocycles. The predicted octanol–water partition coefficient (Wildman–Crippen LogP) is -1.48. The highest BCUT2D eigenvalue weighted by molar-refractivity contribution is 9.10. The minimum absolute atomic E-state index is 0.257. The Hall–Kier alpha value is -1.19. The van der Waals surface area contributed by atoms with E-state index in [0.717, 1.165) is 6.20 Å². The van der Waals surface area contributed by atoms with Crippen LogP contribution in [0.4, 0.5) is 4.39 Å². The molecule has 27 heavy (non-hydrogen) atoms. The monoisotopic (exact) mass is 457 g/mol. The Morgan fingerprint density at radius 2 is 2.11 bits per heavy atom. The number of aromatic amines is 1. The Morgan fingerprint density at radius 3 is 2.67 bits per heavy atom. The number of hydroxylamine groups is 2. The van der Waals surface area contributed by atoms with Gasteiger partial charge in [-0.05, 0) is 28.8 Å². The van der Waals surface area contributed by atoms with Gasteiger partial charge in [0.1, 0.15) is 12.2 Å². The fraction of sp³-hybridized carbons (Fsp3) is 0.714. The van der Waals surface area contributed by atoms with Crippen LogP contribution in [0.25, 0.3) is 0 Å². The molecule has 1 aromatic heterocycles. The van der Waals surface area contributed by atoms with Crippen molar-refractivity contribution in [3.05, 3.63) is 31.5 Å². The Morgan fingerprint density at radius 1 is 1.48 bits per heavy atom. The first-order chi connectivity index (χ1) is 12.5. The molecule has 0 aromatic carbocycles. The average molecular weight is 458 g/mol. The number of alkyl halides is 1. The summed E-state index contributed by atoms with van der Waals surface area (Å²) in [6.45, 7) is 0.816. The molecular weight excluding hydrogens is 437 g/mol. The number of H-pyrrole nitrogens is 1. The van der Waals surface area contributed by atoms with E-state index in [4.69, 9.17) is 4.74 Å². The van der Waals surface area contributed by atoms with Crippen LogP contribution < -0.4 is 11.2 Å². The molecule has 0 spiro atoms. The van der Waals surface area contributed by atoms with Crippen LogP contribution in [-0.4, -0.2) is 71.1 Å². The van der Waals surface area contributed by atoms with Gasteiger partial charge in [-0.3, -0.25) is 9.78 Å². The van der Waals surface area contributed by atoms with Crippen LogP contribution >= 0.6 is 15.9 Å². The molecule has 0 aliphatic carbocycles. The number of hydrogen-bond acceptors (Lipinski definition) is 9. The Bertz CT molecular complexity index is 790. The standard InChI is InChI=1S/C14H21BrFN3O8/c1-2-3-4-9(16)19(26)13(24)10(21)8(6-20)27-14(13,25)18-5-7(15)11(22)17-12(18)23/h5,8-10,20-21,24-26H,2-4,6H2,1H3,(H,17,22,23)/t8-,9?,10-,13-,14-/m1/s1. The summed E-state index contributed by atoms with van der Waals surface area (Å²) >= 11 is 2.82. The smallest absolute Gasteiger partial charge is 0.332 e. The summed E-state index contributed by atoms with van der Waals surface area (Å²) in [5, 5.41) is 51.3. The molecule has 0 radical (unpaired) electrons. The maximum atomic E-state index is 14.4. The first-order valence-corrected chi connectivity index (χ1v) is 8.89. The van der Waals surface area contributed by atoms with Gasteiger partial charge in [-0.15, -0.1) is 5.06 Å². The largest absolute Gasteiger partial charge is 0.394 e. The Kier molecular flexibility index (Phi) is 6.59. The van der Waals surface area contributed by atoms with Gasteiger partial charge >= 0.3 is 11.6 Å². The number of aliphatic hydroxyl groups excluding tert-OH is 2. The van der Waals surface area contributed by atoms with E-state index in [0.29, 0.717) is 12.8 Å². The van der Waals surface area contributed by atoms with Crippen LogP contribution in [-0.2, 0) is 10.6 Å². The van der Waals surface area contributed by atoms with Gasteiger partial charge in [0.2, 0.25) is 5.72 Å². The van der Waals surface area contributed by atoms with Crippen molar-refractivity contribution in [1.82, 2.24) is 14.6 Å². The van der Waals surface area contributed by atoms with Crippen LogP contribution in [0, 0.1) is 0 Å². The van der Waals surface area contributed by atoms with Gasteiger partial charge in [-0.25, -0.2) is 13.8 Å². The summed E-state index contributed by atoms with van der Waals surface area (Å²) in [5.74, 6) is -3.26. The minimum Gasteiger partial charge on any atom is -0.394 e. The lowest BCUT2D eigenvalue weighted by atomic mass is 10.00. The van der Waals surface area contributed by atoms with Crippen molar-refractivity contribution < 1.29 is 34.8 Å². The summed E-state index contributed by atoms with van der Waals surface area (Å²) in [4.78, 5) is 25.5. The number of nitrogens with zero attached hydrogens (tertiary/aromatic N) is 2. The molecule has 0 saturated carbocycles. The average Bonchev–Trinajstić information content (AvgIpc) is 2.84. The summed E-state index contributed by atoms with van der Waals surface area (Å²) in [6, 6.07) is 0.